The molecule has 0 aromatic heterocycles. The number of amides is 1. The summed E-state index contributed by atoms with van der Waals surface area (Å²) in [4.78, 5) is 11.5. The molecule has 94 valence electrons. The smallest absolute Gasteiger partial charge is 0.239 e. The Morgan fingerprint density at radius 1 is 1.47 bits per heavy atom. The zero-order chi connectivity index (χ0) is 12.8. The monoisotopic (exact) mass is 410 g/mol. The number of rotatable bonds is 5. The topological polar surface area (TPSA) is 41.1 Å². The Bertz CT molecular complexity index is 396. The molecule has 0 fully saturated rings. The molecule has 0 unspecified atom stereocenters. The Hall–Kier alpha value is -0.300. The van der Waals surface area contributed by atoms with Crippen molar-refractivity contribution in [2.45, 2.75) is 13.8 Å². The zero-order valence-corrected chi connectivity index (χ0v) is 13.6. The van der Waals surface area contributed by atoms with E-state index in [1.54, 1.807) is 0 Å². The third-order valence-electron chi connectivity index (χ3n) is 2.08. The fourth-order valence-corrected chi connectivity index (χ4v) is 2.08. The normalized spacial score (nSPS) is 10.4. The molecule has 5 heteroatoms. The van der Waals surface area contributed by atoms with E-state index in [1.165, 1.54) is 0 Å². The molecule has 0 aliphatic heterocycles. The lowest BCUT2D eigenvalue weighted by Gasteiger charge is -2.10. The van der Waals surface area contributed by atoms with E-state index in [4.69, 9.17) is 0 Å². The molecule has 1 aromatic rings. The molecule has 2 N–H and O–H groups in total. The van der Waals surface area contributed by atoms with Crippen molar-refractivity contribution >= 4 is 50.1 Å². The van der Waals surface area contributed by atoms with Gasteiger partial charge in [0.15, 0.2) is 0 Å². The second kappa shape index (κ2) is 7.20. The fourth-order valence-electron chi connectivity index (χ4n) is 1.19. The van der Waals surface area contributed by atoms with Crippen LogP contribution in [0.4, 0.5) is 5.69 Å². The third kappa shape index (κ3) is 5.72. The Labute approximate surface area is 124 Å². The molecule has 17 heavy (non-hydrogen) atoms. The molecular formula is C12H16BrIN2O. The molecule has 1 amide bonds. The van der Waals surface area contributed by atoms with Crippen LogP contribution in [0.15, 0.2) is 22.7 Å². The highest BCUT2D eigenvalue weighted by Gasteiger charge is 2.04. The van der Waals surface area contributed by atoms with Gasteiger partial charge in [-0.2, -0.15) is 0 Å². The quantitative estimate of drug-likeness (QED) is 0.731. The summed E-state index contributed by atoms with van der Waals surface area (Å²) >= 11 is 5.65. The highest BCUT2D eigenvalue weighted by Crippen LogP contribution is 2.22. The van der Waals surface area contributed by atoms with Crippen molar-refractivity contribution in [3.05, 3.63) is 26.2 Å². The molecule has 0 bridgehead atoms. The van der Waals surface area contributed by atoms with Gasteiger partial charge in [0.05, 0.1) is 6.54 Å². The average Bonchev–Trinajstić information content (AvgIpc) is 2.27. The lowest BCUT2D eigenvalue weighted by molar-refractivity contribution is -0.119. The number of anilines is 1. The summed E-state index contributed by atoms with van der Waals surface area (Å²) in [5.41, 5.74) is 0.972. The van der Waals surface area contributed by atoms with Crippen molar-refractivity contribution in [2.75, 3.05) is 18.4 Å². The van der Waals surface area contributed by atoms with E-state index in [2.05, 4.69) is 63.0 Å². The molecule has 0 aliphatic carbocycles. The van der Waals surface area contributed by atoms with Crippen molar-refractivity contribution in [1.29, 1.82) is 0 Å². The van der Waals surface area contributed by atoms with Crippen LogP contribution in [0.2, 0.25) is 0 Å². The van der Waals surface area contributed by atoms with Gasteiger partial charge >= 0.3 is 0 Å². The van der Waals surface area contributed by atoms with Crippen molar-refractivity contribution in [3.8, 4) is 0 Å². The number of benzene rings is 1. The largest absolute Gasteiger partial charge is 0.375 e. The summed E-state index contributed by atoms with van der Waals surface area (Å²) in [7, 11) is 0. The molecule has 3 nitrogen and oxygen atoms in total. The second-order valence-corrected chi connectivity index (χ2v) is 6.25. The number of hydrogen-bond donors (Lipinski definition) is 2. The van der Waals surface area contributed by atoms with E-state index >= 15 is 0 Å². The minimum atomic E-state index is 0.0227. The fraction of sp³-hybridized carbons (Fsp3) is 0.417. The number of carbonyl (C=O) groups excluding carboxylic acids is 1. The van der Waals surface area contributed by atoms with Gasteiger partial charge in [0.25, 0.3) is 0 Å². The van der Waals surface area contributed by atoms with Crippen molar-refractivity contribution in [2.24, 2.45) is 5.92 Å². The minimum absolute atomic E-state index is 0.0227. The van der Waals surface area contributed by atoms with Crippen LogP contribution in [-0.2, 0) is 4.79 Å². The molecule has 1 rings (SSSR count). The first kappa shape index (κ1) is 14.8. The predicted molar refractivity (Wildman–Crippen MR) is 83.2 cm³/mol. The molecule has 0 saturated carbocycles. The van der Waals surface area contributed by atoms with E-state index in [-0.39, 0.29) is 5.91 Å². The first-order chi connectivity index (χ1) is 7.99. The third-order valence-corrected chi connectivity index (χ3v) is 3.51. The first-order valence-corrected chi connectivity index (χ1v) is 7.32. The lowest BCUT2D eigenvalue weighted by Crippen LogP contribution is -2.32. The van der Waals surface area contributed by atoms with Crippen LogP contribution >= 0.6 is 38.5 Å². The summed E-state index contributed by atoms with van der Waals surface area (Å²) < 4.78 is 2.10. The van der Waals surface area contributed by atoms with Gasteiger partial charge in [0.1, 0.15) is 0 Å². The molecule has 0 radical (unpaired) electrons. The van der Waals surface area contributed by atoms with E-state index in [1.807, 2.05) is 18.2 Å². The van der Waals surface area contributed by atoms with E-state index < -0.39 is 0 Å². The minimum Gasteiger partial charge on any atom is -0.375 e. The molecule has 0 atom stereocenters. The van der Waals surface area contributed by atoms with Crippen molar-refractivity contribution in [3.63, 3.8) is 0 Å². The highest BCUT2D eigenvalue weighted by molar-refractivity contribution is 14.1. The first-order valence-electron chi connectivity index (χ1n) is 5.44. The van der Waals surface area contributed by atoms with Crippen LogP contribution in [0, 0.1) is 9.49 Å². The van der Waals surface area contributed by atoms with Gasteiger partial charge in [-0.3, -0.25) is 4.79 Å². The van der Waals surface area contributed by atoms with Crippen molar-refractivity contribution < 1.29 is 4.79 Å². The SMILES string of the molecule is CC(C)CNC(=O)CNc1cc(Br)ccc1I. The Morgan fingerprint density at radius 2 is 2.18 bits per heavy atom. The molecule has 0 heterocycles. The standard InChI is InChI=1S/C12H16BrIN2O/c1-8(2)6-16-12(17)7-15-11-5-9(13)3-4-10(11)14/h3-5,8,15H,6-7H2,1-2H3,(H,16,17). The van der Waals surface area contributed by atoms with E-state index in [0.717, 1.165) is 20.3 Å². The van der Waals surface area contributed by atoms with Gasteiger partial charge in [0, 0.05) is 20.3 Å². The summed E-state index contributed by atoms with van der Waals surface area (Å²) in [5.74, 6) is 0.499. The van der Waals surface area contributed by atoms with Gasteiger partial charge in [-0.25, -0.2) is 0 Å². The summed E-state index contributed by atoms with van der Waals surface area (Å²) in [6, 6.07) is 5.95. The van der Waals surface area contributed by atoms with Crippen molar-refractivity contribution in [1.82, 2.24) is 5.32 Å². The Morgan fingerprint density at radius 3 is 2.82 bits per heavy atom. The summed E-state index contributed by atoms with van der Waals surface area (Å²) in [5, 5.41) is 6.00. The van der Waals surface area contributed by atoms with Gasteiger partial charge in [0.2, 0.25) is 5.91 Å². The number of nitrogens with one attached hydrogen (secondary N) is 2. The van der Waals surface area contributed by atoms with Gasteiger partial charge in [-0.05, 0) is 46.7 Å². The summed E-state index contributed by atoms with van der Waals surface area (Å²) in [6.45, 7) is 5.17. The van der Waals surface area contributed by atoms with Crippen LogP contribution in [0.25, 0.3) is 0 Å². The second-order valence-electron chi connectivity index (χ2n) is 4.18. The van der Waals surface area contributed by atoms with Gasteiger partial charge in [-0.15, -0.1) is 0 Å². The number of carbonyl (C=O) groups is 1. The molecule has 0 spiro atoms. The van der Waals surface area contributed by atoms with Gasteiger partial charge < -0.3 is 10.6 Å². The Kier molecular flexibility index (Phi) is 6.26. The molecule has 0 aliphatic rings. The number of halogens is 2. The Balaban J connectivity index is 2.44. The predicted octanol–water partition coefficient (Wildman–Crippen LogP) is 3.24. The number of hydrogen-bond acceptors (Lipinski definition) is 2. The maximum Gasteiger partial charge on any atom is 0.239 e. The average molecular weight is 411 g/mol. The molecule has 1 aromatic carbocycles. The molecule has 0 saturated heterocycles. The van der Waals surface area contributed by atoms with Gasteiger partial charge in [-0.1, -0.05) is 29.8 Å². The molecular weight excluding hydrogens is 395 g/mol. The van der Waals surface area contributed by atoms with Crippen LogP contribution in [0.5, 0.6) is 0 Å². The van der Waals surface area contributed by atoms with Crippen LogP contribution in [-0.4, -0.2) is 19.0 Å². The highest BCUT2D eigenvalue weighted by atomic mass is 127. The summed E-state index contributed by atoms with van der Waals surface area (Å²) in [6.07, 6.45) is 0. The van der Waals surface area contributed by atoms with E-state index in [9.17, 15) is 4.79 Å². The van der Waals surface area contributed by atoms with E-state index in [0.29, 0.717) is 12.5 Å². The maximum atomic E-state index is 11.5. The maximum absolute atomic E-state index is 11.5. The lowest BCUT2D eigenvalue weighted by atomic mass is 10.2. The van der Waals surface area contributed by atoms with Crippen LogP contribution in [0.3, 0.4) is 0 Å². The zero-order valence-electron chi connectivity index (χ0n) is 9.89. The van der Waals surface area contributed by atoms with Crippen LogP contribution < -0.4 is 10.6 Å². The van der Waals surface area contributed by atoms with Crippen LogP contribution in [0.1, 0.15) is 13.8 Å².